The Kier molecular flexibility index (Phi) is 4.80. The highest BCUT2D eigenvalue weighted by Crippen LogP contribution is 2.25. The van der Waals surface area contributed by atoms with Gasteiger partial charge >= 0.3 is 0 Å². The Morgan fingerprint density at radius 1 is 1.39 bits per heavy atom. The molecule has 2 rings (SSSR count). The molecule has 0 spiro atoms. The Bertz CT molecular complexity index is 373. The first-order valence-corrected chi connectivity index (χ1v) is 6.92. The molecule has 2 N–H and O–H groups in total. The first-order valence-electron chi connectivity index (χ1n) is 6.54. The fourth-order valence-corrected chi connectivity index (χ4v) is 2.77. The number of nitrogens with two attached hydrogens (primary N) is 1. The summed E-state index contributed by atoms with van der Waals surface area (Å²) < 4.78 is 0. The zero-order chi connectivity index (χ0) is 13.0. The molecule has 1 atom stereocenters. The average molecular weight is 269 g/mol. The number of aromatic nitrogens is 1. The van der Waals surface area contributed by atoms with E-state index < -0.39 is 0 Å². The van der Waals surface area contributed by atoms with Crippen molar-refractivity contribution in [3.63, 3.8) is 0 Å². The van der Waals surface area contributed by atoms with Crippen LogP contribution in [0, 0.1) is 0 Å². The van der Waals surface area contributed by atoms with Crippen LogP contribution in [0.3, 0.4) is 0 Å². The van der Waals surface area contributed by atoms with Crippen molar-refractivity contribution in [3.8, 4) is 0 Å². The predicted octanol–water partition coefficient (Wildman–Crippen LogP) is 1.59. The van der Waals surface area contributed by atoms with Crippen LogP contribution < -0.4 is 10.6 Å². The summed E-state index contributed by atoms with van der Waals surface area (Å²) in [6.07, 6.45) is 4.62. The minimum atomic E-state index is 0.514. The van der Waals surface area contributed by atoms with Gasteiger partial charge in [0.25, 0.3) is 0 Å². The van der Waals surface area contributed by atoms with Gasteiger partial charge in [0.15, 0.2) is 0 Å². The van der Waals surface area contributed by atoms with Gasteiger partial charge in [-0.2, -0.15) is 0 Å². The Labute approximate surface area is 114 Å². The van der Waals surface area contributed by atoms with Crippen molar-refractivity contribution in [2.24, 2.45) is 5.73 Å². The summed E-state index contributed by atoms with van der Waals surface area (Å²) in [5, 5.41) is 0.733. The summed E-state index contributed by atoms with van der Waals surface area (Å²) in [6.45, 7) is 7.04. The minimum Gasteiger partial charge on any atom is -0.368 e. The van der Waals surface area contributed by atoms with Gasteiger partial charge in [-0.3, -0.25) is 9.88 Å². The maximum absolute atomic E-state index is 6.17. The quantitative estimate of drug-likeness (QED) is 0.901. The van der Waals surface area contributed by atoms with Crippen molar-refractivity contribution >= 4 is 17.3 Å². The van der Waals surface area contributed by atoms with Crippen LogP contribution in [0.15, 0.2) is 18.5 Å². The molecule has 1 aliphatic rings. The largest absolute Gasteiger partial charge is 0.368 e. The molecular formula is C13H21ClN4. The number of hydrogen-bond acceptors (Lipinski definition) is 4. The van der Waals surface area contributed by atoms with E-state index in [1.807, 2.05) is 6.07 Å². The molecule has 18 heavy (non-hydrogen) atoms. The van der Waals surface area contributed by atoms with E-state index in [0.29, 0.717) is 6.04 Å². The molecule has 0 aromatic carbocycles. The summed E-state index contributed by atoms with van der Waals surface area (Å²) in [5.41, 5.74) is 6.89. The Morgan fingerprint density at radius 3 is 2.67 bits per heavy atom. The molecule has 2 heterocycles. The van der Waals surface area contributed by atoms with Crippen LogP contribution in [0.25, 0.3) is 0 Å². The number of anilines is 1. The summed E-state index contributed by atoms with van der Waals surface area (Å²) in [5.74, 6) is 0. The monoisotopic (exact) mass is 268 g/mol. The molecule has 1 aromatic heterocycles. The molecular weight excluding hydrogens is 248 g/mol. The Hall–Kier alpha value is -0.840. The second-order valence-electron chi connectivity index (χ2n) is 4.65. The van der Waals surface area contributed by atoms with Crippen molar-refractivity contribution in [3.05, 3.63) is 23.5 Å². The summed E-state index contributed by atoms with van der Waals surface area (Å²) in [4.78, 5) is 8.82. The van der Waals surface area contributed by atoms with Gasteiger partial charge in [0, 0.05) is 51.2 Å². The molecule has 1 saturated heterocycles. The molecule has 0 radical (unpaired) electrons. The van der Waals surface area contributed by atoms with Gasteiger partial charge in [-0.15, -0.1) is 0 Å². The lowest BCUT2D eigenvalue weighted by molar-refractivity contribution is 0.184. The van der Waals surface area contributed by atoms with E-state index in [0.717, 1.165) is 49.9 Å². The highest BCUT2D eigenvalue weighted by molar-refractivity contribution is 6.33. The standard InChI is InChI=1S/C13H21ClN4/c1-2-11(9-15)17-5-7-18(8-6-17)13-3-4-16-10-12(13)14/h3-4,10-11H,2,5-9,15H2,1H3. The third-order valence-corrected chi connectivity index (χ3v) is 3.96. The number of pyridine rings is 1. The predicted molar refractivity (Wildman–Crippen MR) is 76.2 cm³/mol. The summed E-state index contributed by atoms with van der Waals surface area (Å²) in [6, 6.07) is 2.50. The van der Waals surface area contributed by atoms with Crippen LogP contribution in [-0.4, -0.2) is 48.6 Å². The highest BCUT2D eigenvalue weighted by Gasteiger charge is 2.22. The van der Waals surface area contributed by atoms with Crippen LogP contribution >= 0.6 is 11.6 Å². The molecule has 1 unspecified atom stereocenters. The lowest BCUT2D eigenvalue weighted by Gasteiger charge is -2.39. The third-order valence-electron chi connectivity index (χ3n) is 3.67. The molecule has 0 amide bonds. The molecule has 0 saturated carbocycles. The Balaban J connectivity index is 1.96. The number of halogens is 1. The highest BCUT2D eigenvalue weighted by atomic mass is 35.5. The normalized spacial score (nSPS) is 18.9. The lowest BCUT2D eigenvalue weighted by atomic mass is 10.1. The van der Waals surface area contributed by atoms with Gasteiger partial charge in [0.2, 0.25) is 0 Å². The van der Waals surface area contributed by atoms with Gasteiger partial charge < -0.3 is 10.6 Å². The number of hydrogen-bond donors (Lipinski definition) is 1. The van der Waals surface area contributed by atoms with E-state index in [4.69, 9.17) is 17.3 Å². The average Bonchev–Trinajstić information content (AvgIpc) is 2.42. The molecule has 1 fully saturated rings. The number of nitrogens with zero attached hydrogens (tertiary/aromatic N) is 3. The van der Waals surface area contributed by atoms with Crippen molar-refractivity contribution < 1.29 is 0 Å². The molecule has 1 aromatic rings. The fraction of sp³-hybridized carbons (Fsp3) is 0.615. The first-order chi connectivity index (χ1) is 8.76. The van der Waals surface area contributed by atoms with Crippen molar-refractivity contribution in [2.75, 3.05) is 37.6 Å². The lowest BCUT2D eigenvalue weighted by Crippen LogP contribution is -2.52. The Morgan fingerprint density at radius 2 is 2.11 bits per heavy atom. The summed E-state index contributed by atoms with van der Waals surface area (Å²) in [7, 11) is 0. The van der Waals surface area contributed by atoms with Crippen LogP contribution in [0.2, 0.25) is 5.02 Å². The van der Waals surface area contributed by atoms with E-state index in [-0.39, 0.29) is 0 Å². The van der Waals surface area contributed by atoms with E-state index in [1.54, 1.807) is 12.4 Å². The zero-order valence-electron chi connectivity index (χ0n) is 10.8. The van der Waals surface area contributed by atoms with Crippen LogP contribution in [-0.2, 0) is 0 Å². The van der Waals surface area contributed by atoms with E-state index in [9.17, 15) is 0 Å². The van der Waals surface area contributed by atoms with Crippen LogP contribution in [0.5, 0.6) is 0 Å². The van der Waals surface area contributed by atoms with Gasteiger partial charge in [-0.25, -0.2) is 0 Å². The number of rotatable bonds is 4. The SMILES string of the molecule is CCC(CN)N1CCN(c2ccncc2Cl)CC1. The third kappa shape index (κ3) is 2.94. The van der Waals surface area contributed by atoms with Crippen LogP contribution in [0.1, 0.15) is 13.3 Å². The zero-order valence-corrected chi connectivity index (χ0v) is 11.6. The van der Waals surface area contributed by atoms with E-state index >= 15 is 0 Å². The molecule has 5 heteroatoms. The molecule has 1 aliphatic heterocycles. The van der Waals surface area contributed by atoms with Crippen molar-refractivity contribution in [1.82, 2.24) is 9.88 Å². The van der Waals surface area contributed by atoms with Gasteiger partial charge in [0.1, 0.15) is 0 Å². The maximum atomic E-state index is 6.17. The molecule has 100 valence electrons. The topological polar surface area (TPSA) is 45.4 Å². The van der Waals surface area contributed by atoms with Gasteiger partial charge in [0.05, 0.1) is 10.7 Å². The van der Waals surface area contributed by atoms with Crippen LogP contribution in [0.4, 0.5) is 5.69 Å². The maximum Gasteiger partial charge on any atom is 0.0822 e. The van der Waals surface area contributed by atoms with Crippen molar-refractivity contribution in [2.45, 2.75) is 19.4 Å². The molecule has 4 nitrogen and oxygen atoms in total. The second kappa shape index (κ2) is 6.36. The van der Waals surface area contributed by atoms with E-state index in [2.05, 4.69) is 21.7 Å². The first kappa shape index (κ1) is 13.6. The number of piperazine rings is 1. The van der Waals surface area contributed by atoms with Gasteiger partial charge in [-0.05, 0) is 12.5 Å². The fourth-order valence-electron chi connectivity index (χ4n) is 2.53. The second-order valence-corrected chi connectivity index (χ2v) is 5.06. The molecule has 0 bridgehead atoms. The van der Waals surface area contributed by atoms with Crippen molar-refractivity contribution in [1.29, 1.82) is 0 Å². The minimum absolute atomic E-state index is 0.514. The van der Waals surface area contributed by atoms with E-state index in [1.165, 1.54) is 0 Å². The summed E-state index contributed by atoms with van der Waals surface area (Å²) >= 11 is 6.17. The molecule has 0 aliphatic carbocycles. The van der Waals surface area contributed by atoms with Gasteiger partial charge in [-0.1, -0.05) is 18.5 Å². The smallest absolute Gasteiger partial charge is 0.0822 e.